The summed E-state index contributed by atoms with van der Waals surface area (Å²) < 4.78 is 26.3. The molecule has 0 aliphatic rings. The van der Waals surface area contributed by atoms with E-state index in [-0.39, 0.29) is 5.75 Å². The largest absolute Gasteiger partial charge is 0.508 e. The van der Waals surface area contributed by atoms with Gasteiger partial charge in [0.15, 0.2) is 11.6 Å². The van der Waals surface area contributed by atoms with E-state index >= 15 is 0 Å². The second-order valence-corrected chi connectivity index (χ2v) is 4.32. The Labute approximate surface area is 107 Å². The molecule has 0 atom stereocenters. The van der Waals surface area contributed by atoms with E-state index in [2.05, 4.69) is 9.97 Å². The van der Waals surface area contributed by atoms with Crippen LogP contribution in [-0.4, -0.2) is 15.1 Å². The number of rotatable bonds is 1. The van der Waals surface area contributed by atoms with Crippen molar-refractivity contribution in [1.82, 2.24) is 9.97 Å². The van der Waals surface area contributed by atoms with Gasteiger partial charge >= 0.3 is 0 Å². The molecule has 3 nitrogen and oxygen atoms in total. The van der Waals surface area contributed by atoms with Crippen molar-refractivity contribution in [2.24, 2.45) is 0 Å². The lowest BCUT2D eigenvalue weighted by atomic mass is 10.1. The lowest BCUT2D eigenvalue weighted by molar-refractivity contribution is 0.471. The summed E-state index contributed by atoms with van der Waals surface area (Å²) in [5.74, 6) is -1.24. The van der Waals surface area contributed by atoms with Gasteiger partial charge in [-0.15, -0.1) is 0 Å². The van der Waals surface area contributed by atoms with Gasteiger partial charge in [0.05, 0.1) is 11.0 Å². The average Bonchev–Trinajstić information content (AvgIpc) is 2.76. The summed E-state index contributed by atoms with van der Waals surface area (Å²) in [5.41, 5.74) is 2.10. The highest BCUT2D eigenvalue weighted by Gasteiger charge is 2.12. The van der Waals surface area contributed by atoms with Crippen LogP contribution in [0.4, 0.5) is 8.78 Å². The number of fused-ring (bicyclic) bond motifs is 1. The SMILES string of the molecule is Cc1c(O)cccc1-c1nc2cc(F)c(F)cc2[nH]1. The molecule has 96 valence electrons. The quantitative estimate of drug-likeness (QED) is 0.703. The van der Waals surface area contributed by atoms with Gasteiger partial charge in [-0.3, -0.25) is 0 Å². The number of aromatic nitrogens is 2. The first-order valence-corrected chi connectivity index (χ1v) is 5.70. The number of nitrogens with zero attached hydrogens (tertiary/aromatic N) is 1. The van der Waals surface area contributed by atoms with Crippen LogP contribution in [0, 0.1) is 18.6 Å². The maximum Gasteiger partial charge on any atom is 0.161 e. The fourth-order valence-corrected chi connectivity index (χ4v) is 2.01. The highest BCUT2D eigenvalue weighted by atomic mass is 19.2. The van der Waals surface area contributed by atoms with Crippen LogP contribution in [0.25, 0.3) is 22.4 Å². The molecule has 2 aromatic carbocycles. The Balaban J connectivity index is 2.23. The van der Waals surface area contributed by atoms with E-state index in [9.17, 15) is 13.9 Å². The number of imidazole rings is 1. The van der Waals surface area contributed by atoms with Crippen molar-refractivity contribution in [3.8, 4) is 17.1 Å². The van der Waals surface area contributed by atoms with Crippen LogP contribution in [0.1, 0.15) is 5.56 Å². The summed E-state index contributed by atoms with van der Waals surface area (Å²) >= 11 is 0. The zero-order valence-corrected chi connectivity index (χ0v) is 10.0. The molecule has 0 aliphatic carbocycles. The Morgan fingerprint density at radius 3 is 2.68 bits per heavy atom. The van der Waals surface area contributed by atoms with E-state index in [4.69, 9.17) is 0 Å². The Morgan fingerprint density at radius 2 is 1.89 bits per heavy atom. The lowest BCUT2D eigenvalue weighted by Gasteiger charge is -2.03. The van der Waals surface area contributed by atoms with Crippen LogP contribution >= 0.6 is 0 Å². The zero-order valence-electron chi connectivity index (χ0n) is 10.0. The summed E-state index contributed by atoms with van der Waals surface area (Å²) in [4.78, 5) is 7.13. The first kappa shape index (κ1) is 11.6. The maximum atomic E-state index is 13.1. The summed E-state index contributed by atoms with van der Waals surface area (Å²) in [7, 11) is 0. The minimum atomic E-state index is -0.932. The van der Waals surface area contributed by atoms with Crippen molar-refractivity contribution in [3.63, 3.8) is 0 Å². The molecule has 2 N–H and O–H groups in total. The molecule has 0 saturated heterocycles. The minimum absolute atomic E-state index is 0.148. The van der Waals surface area contributed by atoms with Gasteiger partial charge in [-0.25, -0.2) is 13.8 Å². The first-order chi connectivity index (χ1) is 9.06. The van der Waals surface area contributed by atoms with Crippen molar-refractivity contribution >= 4 is 11.0 Å². The van der Waals surface area contributed by atoms with Gasteiger partial charge in [0.2, 0.25) is 0 Å². The van der Waals surface area contributed by atoms with E-state index < -0.39 is 11.6 Å². The molecule has 19 heavy (non-hydrogen) atoms. The average molecular weight is 260 g/mol. The molecule has 0 bridgehead atoms. The van der Waals surface area contributed by atoms with Gasteiger partial charge in [-0.1, -0.05) is 12.1 Å². The molecule has 3 aromatic rings. The number of phenols is 1. The molecule has 1 aromatic heterocycles. The summed E-state index contributed by atoms with van der Waals surface area (Å²) in [5, 5.41) is 9.66. The monoisotopic (exact) mass is 260 g/mol. The van der Waals surface area contributed by atoms with E-state index in [1.54, 1.807) is 25.1 Å². The second kappa shape index (κ2) is 4.05. The number of aromatic hydroxyl groups is 1. The minimum Gasteiger partial charge on any atom is -0.508 e. The summed E-state index contributed by atoms with van der Waals surface area (Å²) in [6, 6.07) is 7.15. The lowest BCUT2D eigenvalue weighted by Crippen LogP contribution is -1.85. The third kappa shape index (κ3) is 1.83. The van der Waals surface area contributed by atoms with Crippen LogP contribution in [0.5, 0.6) is 5.75 Å². The standard InChI is InChI=1S/C14H10F2N2O/c1-7-8(3-2-4-13(7)19)14-17-11-5-9(15)10(16)6-12(11)18-14/h2-6,19H,1H3,(H,17,18). The highest BCUT2D eigenvalue weighted by Crippen LogP contribution is 2.29. The Kier molecular flexibility index (Phi) is 2.48. The van der Waals surface area contributed by atoms with E-state index in [1.165, 1.54) is 0 Å². The predicted octanol–water partition coefficient (Wildman–Crippen LogP) is 3.52. The fraction of sp³-hybridized carbons (Fsp3) is 0.0714. The topological polar surface area (TPSA) is 48.9 Å². The van der Waals surface area contributed by atoms with Gasteiger partial charge in [-0.2, -0.15) is 0 Å². The summed E-state index contributed by atoms with van der Waals surface area (Å²) in [6.07, 6.45) is 0. The second-order valence-electron chi connectivity index (χ2n) is 4.32. The van der Waals surface area contributed by atoms with Crippen LogP contribution in [-0.2, 0) is 0 Å². The van der Waals surface area contributed by atoms with Gasteiger partial charge in [0, 0.05) is 23.3 Å². The predicted molar refractivity (Wildman–Crippen MR) is 67.8 cm³/mol. The molecule has 0 amide bonds. The number of benzene rings is 2. The zero-order chi connectivity index (χ0) is 13.6. The van der Waals surface area contributed by atoms with Gasteiger partial charge < -0.3 is 10.1 Å². The molecular weight excluding hydrogens is 250 g/mol. The molecule has 0 spiro atoms. The van der Waals surface area contributed by atoms with Crippen molar-refractivity contribution in [1.29, 1.82) is 0 Å². The molecule has 0 unspecified atom stereocenters. The van der Waals surface area contributed by atoms with Crippen LogP contribution in [0.15, 0.2) is 30.3 Å². The highest BCUT2D eigenvalue weighted by molar-refractivity contribution is 5.80. The number of phenolic OH excluding ortho intramolecular Hbond substituents is 1. The molecule has 1 heterocycles. The van der Waals surface area contributed by atoms with Crippen molar-refractivity contribution < 1.29 is 13.9 Å². The Hall–Kier alpha value is -2.43. The van der Waals surface area contributed by atoms with E-state index in [0.717, 1.165) is 12.1 Å². The van der Waals surface area contributed by atoms with Gasteiger partial charge in [-0.05, 0) is 13.0 Å². The molecule has 0 saturated carbocycles. The molecular formula is C14H10F2N2O. The van der Waals surface area contributed by atoms with Crippen molar-refractivity contribution in [2.45, 2.75) is 6.92 Å². The van der Waals surface area contributed by atoms with Crippen LogP contribution in [0.3, 0.4) is 0 Å². The normalized spacial score (nSPS) is 11.1. The van der Waals surface area contributed by atoms with Crippen LogP contribution in [0.2, 0.25) is 0 Å². The molecule has 0 fully saturated rings. The molecule has 0 radical (unpaired) electrons. The smallest absolute Gasteiger partial charge is 0.161 e. The van der Waals surface area contributed by atoms with Gasteiger partial charge in [0.25, 0.3) is 0 Å². The number of halogens is 2. The van der Waals surface area contributed by atoms with E-state index in [1.807, 2.05) is 0 Å². The third-order valence-corrected chi connectivity index (χ3v) is 3.08. The third-order valence-electron chi connectivity index (χ3n) is 3.08. The van der Waals surface area contributed by atoms with E-state index in [0.29, 0.717) is 28.0 Å². The number of aromatic amines is 1. The Morgan fingerprint density at radius 1 is 1.16 bits per heavy atom. The number of H-pyrrole nitrogens is 1. The maximum absolute atomic E-state index is 13.1. The Bertz CT molecular complexity index is 741. The molecule has 0 aliphatic heterocycles. The van der Waals surface area contributed by atoms with Crippen molar-refractivity contribution in [3.05, 3.63) is 47.5 Å². The first-order valence-electron chi connectivity index (χ1n) is 5.70. The molecule has 5 heteroatoms. The number of hydrogen-bond donors (Lipinski definition) is 2. The number of nitrogens with one attached hydrogen (secondary N) is 1. The molecule has 3 rings (SSSR count). The van der Waals surface area contributed by atoms with Crippen LogP contribution < -0.4 is 0 Å². The number of hydrogen-bond acceptors (Lipinski definition) is 2. The summed E-state index contributed by atoms with van der Waals surface area (Å²) in [6.45, 7) is 1.75. The van der Waals surface area contributed by atoms with Gasteiger partial charge in [0.1, 0.15) is 11.6 Å². The van der Waals surface area contributed by atoms with Crippen molar-refractivity contribution in [2.75, 3.05) is 0 Å². The fourth-order valence-electron chi connectivity index (χ4n) is 2.01.